The number of carboxylic acids is 1. The molecule has 1 fully saturated rings. The maximum Gasteiger partial charge on any atom is 0.326 e. The van der Waals surface area contributed by atoms with Gasteiger partial charge in [0, 0.05) is 32.6 Å². The number of nitrogens with one attached hydrogen (secondary N) is 1. The lowest BCUT2D eigenvalue weighted by Gasteiger charge is -2.35. The highest BCUT2D eigenvalue weighted by molar-refractivity contribution is 5.83. The molecule has 0 spiro atoms. The van der Waals surface area contributed by atoms with Crippen molar-refractivity contribution in [3.63, 3.8) is 0 Å². The van der Waals surface area contributed by atoms with E-state index in [1.54, 1.807) is 4.90 Å². The van der Waals surface area contributed by atoms with Gasteiger partial charge in [0.2, 0.25) is 5.91 Å². The van der Waals surface area contributed by atoms with Crippen LogP contribution in [-0.4, -0.2) is 71.6 Å². The molecule has 8 heteroatoms. The lowest BCUT2D eigenvalue weighted by Crippen LogP contribution is -2.54. The van der Waals surface area contributed by atoms with E-state index in [2.05, 4.69) is 17.1 Å². The summed E-state index contributed by atoms with van der Waals surface area (Å²) in [6, 6.07) is -1.48. The first kappa shape index (κ1) is 17.2. The zero-order valence-electron chi connectivity index (χ0n) is 12.4. The molecule has 0 aromatic rings. The molecule has 4 N–H and O–H groups in total. The Morgan fingerprint density at radius 1 is 1.24 bits per heavy atom. The van der Waals surface area contributed by atoms with E-state index in [9.17, 15) is 14.4 Å². The predicted molar refractivity (Wildman–Crippen MR) is 76.7 cm³/mol. The Balaban J connectivity index is 2.43. The van der Waals surface area contributed by atoms with Gasteiger partial charge in [0.05, 0.1) is 0 Å². The number of nitrogens with zero attached hydrogens (tertiary/aromatic N) is 2. The van der Waals surface area contributed by atoms with E-state index in [0.29, 0.717) is 13.1 Å². The number of aliphatic carboxylic acids is 1. The van der Waals surface area contributed by atoms with Crippen LogP contribution in [0.25, 0.3) is 0 Å². The molecule has 1 aliphatic heterocycles. The molecule has 1 heterocycles. The zero-order chi connectivity index (χ0) is 15.8. The van der Waals surface area contributed by atoms with E-state index in [4.69, 9.17) is 10.8 Å². The molecule has 21 heavy (non-hydrogen) atoms. The third kappa shape index (κ3) is 5.99. The molecule has 0 bridgehead atoms. The summed E-state index contributed by atoms with van der Waals surface area (Å²) in [5.74, 6) is -1.74. The molecule has 1 aliphatic rings. The van der Waals surface area contributed by atoms with Crippen molar-refractivity contribution in [1.29, 1.82) is 0 Å². The van der Waals surface area contributed by atoms with E-state index < -0.39 is 23.9 Å². The number of carboxylic acid groups (broad SMARTS) is 1. The van der Waals surface area contributed by atoms with Gasteiger partial charge in [0.25, 0.3) is 0 Å². The Morgan fingerprint density at radius 2 is 1.86 bits per heavy atom. The van der Waals surface area contributed by atoms with Gasteiger partial charge in [-0.2, -0.15) is 0 Å². The van der Waals surface area contributed by atoms with E-state index in [0.717, 1.165) is 26.1 Å². The molecule has 8 nitrogen and oxygen atoms in total. The maximum absolute atomic E-state index is 12.0. The maximum atomic E-state index is 12.0. The number of piperazine rings is 1. The number of hydrogen-bond acceptors (Lipinski definition) is 4. The second kappa shape index (κ2) is 8.46. The average molecular weight is 300 g/mol. The van der Waals surface area contributed by atoms with Crippen LogP contribution in [0.4, 0.5) is 4.79 Å². The van der Waals surface area contributed by atoms with Crippen molar-refractivity contribution in [3.05, 3.63) is 0 Å². The lowest BCUT2D eigenvalue weighted by atomic mass is 10.1. The van der Waals surface area contributed by atoms with Crippen molar-refractivity contribution in [2.24, 2.45) is 5.73 Å². The van der Waals surface area contributed by atoms with Crippen LogP contribution in [0.2, 0.25) is 0 Å². The van der Waals surface area contributed by atoms with Crippen LogP contribution in [0.5, 0.6) is 0 Å². The van der Waals surface area contributed by atoms with Gasteiger partial charge in [-0.15, -0.1) is 0 Å². The van der Waals surface area contributed by atoms with Gasteiger partial charge in [-0.3, -0.25) is 9.69 Å². The molecule has 0 unspecified atom stereocenters. The second-order valence-corrected chi connectivity index (χ2v) is 5.17. The summed E-state index contributed by atoms with van der Waals surface area (Å²) in [5, 5.41) is 11.5. The van der Waals surface area contributed by atoms with Crippen LogP contribution in [0, 0.1) is 0 Å². The van der Waals surface area contributed by atoms with E-state index in [1.807, 2.05) is 0 Å². The predicted octanol–water partition coefficient (Wildman–Crippen LogP) is -0.558. The fourth-order valence-corrected chi connectivity index (χ4v) is 2.28. The number of primary amides is 1. The highest BCUT2D eigenvalue weighted by atomic mass is 16.4. The van der Waals surface area contributed by atoms with Crippen molar-refractivity contribution in [1.82, 2.24) is 15.1 Å². The summed E-state index contributed by atoms with van der Waals surface area (Å²) in [6.45, 7) is 5.85. The summed E-state index contributed by atoms with van der Waals surface area (Å²) in [5.41, 5.74) is 5.00. The van der Waals surface area contributed by atoms with Crippen molar-refractivity contribution in [2.45, 2.75) is 32.2 Å². The number of nitrogens with two attached hydrogens (primary N) is 1. The quantitative estimate of drug-likeness (QED) is 0.583. The topological polar surface area (TPSA) is 116 Å². The van der Waals surface area contributed by atoms with E-state index in [1.165, 1.54) is 0 Å². The molecular formula is C13H24N4O4. The lowest BCUT2D eigenvalue weighted by molar-refractivity contribution is -0.139. The third-order valence-corrected chi connectivity index (χ3v) is 3.47. The molecular weight excluding hydrogens is 276 g/mol. The minimum atomic E-state index is -1.16. The first-order chi connectivity index (χ1) is 9.93. The van der Waals surface area contributed by atoms with Crippen LogP contribution < -0.4 is 11.1 Å². The molecule has 1 saturated heterocycles. The van der Waals surface area contributed by atoms with Gasteiger partial charge >= 0.3 is 12.0 Å². The molecule has 1 atom stereocenters. The van der Waals surface area contributed by atoms with Crippen molar-refractivity contribution >= 4 is 17.9 Å². The SMILES string of the molecule is CCCN1CCN(C(=O)N[C@@H](CCC(N)=O)C(=O)O)CC1. The zero-order valence-corrected chi connectivity index (χ0v) is 12.4. The summed E-state index contributed by atoms with van der Waals surface area (Å²) in [6.07, 6.45) is 1.01. The molecule has 120 valence electrons. The van der Waals surface area contributed by atoms with Gasteiger partial charge in [0.15, 0.2) is 0 Å². The van der Waals surface area contributed by atoms with Gasteiger partial charge < -0.3 is 21.1 Å². The molecule has 3 amide bonds. The number of amides is 3. The van der Waals surface area contributed by atoms with Crippen LogP contribution in [-0.2, 0) is 9.59 Å². The van der Waals surface area contributed by atoms with Gasteiger partial charge in [-0.25, -0.2) is 9.59 Å². The van der Waals surface area contributed by atoms with Gasteiger partial charge in [-0.1, -0.05) is 6.92 Å². The fourth-order valence-electron chi connectivity index (χ4n) is 2.28. The number of urea groups is 1. The molecule has 0 aliphatic carbocycles. The van der Waals surface area contributed by atoms with Crippen LogP contribution in [0.3, 0.4) is 0 Å². The number of carbonyl (C=O) groups excluding carboxylic acids is 2. The highest BCUT2D eigenvalue weighted by Gasteiger charge is 2.25. The fraction of sp³-hybridized carbons (Fsp3) is 0.769. The smallest absolute Gasteiger partial charge is 0.326 e. The average Bonchev–Trinajstić information content (AvgIpc) is 2.43. The largest absolute Gasteiger partial charge is 0.480 e. The Labute approximate surface area is 124 Å². The summed E-state index contributed by atoms with van der Waals surface area (Å²) < 4.78 is 0. The van der Waals surface area contributed by atoms with E-state index >= 15 is 0 Å². The van der Waals surface area contributed by atoms with Crippen LogP contribution >= 0.6 is 0 Å². The Morgan fingerprint density at radius 3 is 2.33 bits per heavy atom. The molecule has 0 aromatic heterocycles. The third-order valence-electron chi connectivity index (χ3n) is 3.47. The molecule has 1 rings (SSSR count). The van der Waals surface area contributed by atoms with Crippen LogP contribution in [0.15, 0.2) is 0 Å². The summed E-state index contributed by atoms with van der Waals surface area (Å²) in [7, 11) is 0. The summed E-state index contributed by atoms with van der Waals surface area (Å²) in [4.78, 5) is 37.7. The first-order valence-corrected chi connectivity index (χ1v) is 7.23. The van der Waals surface area contributed by atoms with Gasteiger partial charge in [-0.05, 0) is 19.4 Å². The van der Waals surface area contributed by atoms with E-state index in [-0.39, 0.29) is 12.8 Å². The molecule has 0 radical (unpaired) electrons. The van der Waals surface area contributed by atoms with Crippen molar-refractivity contribution in [2.75, 3.05) is 32.7 Å². The number of rotatable bonds is 7. The monoisotopic (exact) mass is 300 g/mol. The van der Waals surface area contributed by atoms with Gasteiger partial charge in [0.1, 0.15) is 6.04 Å². The Kier molecular flexibility index (Phi) is 6.93. The van der Waals surface area contributed by atoms with Crippen molar-refractivity contribution < 1.29 is 19.5 Å². The normalized spacial score (nSPS) is 17.3. The number of carbonyl (C=O) groups is 3. The first-order valence-electron chi connectivity index (χ1n) is 7.23. The second-order valence-electron chi connectivity index (χ2n) is 5.17. The standard InChI is InChI=1S/C13H24N4O4/c1-2-5-16-6-8-17(9-7-16)13(21)15-10(12(19)20)3-4-11(14)18/h10H,2-9H2,1H3,(H2,14,18)(H,15,21)(H,19,20)/t10-/m0/s1. The van der Waals surface area contributed by atoms with Crippen molar-refractivity contribution in [3.8, 4) is 0 Å². The van der Waals surface area contributed by atoms with Crippen LogP contribution in [0.1, 0.15) is 26.2 Å². The molecule has 0 saturated carbocycles. The Bertz CT molecular complexity index is 380. The highest BCUT2D eigenvalue weighted by Crippen LogP contribution is 2.04. The Hall–Kier alpha value is -1.83. The molecule has 0 aromatic carbocycles. The minimum absolute atomic E-state index is 0.00616. The summed E-state index contributed by atoms with van der Waals surface area (Å²) >= 11 is 0. The number of hydrogen-bond donors (Lipinski definition) is 3. The minimum Gasteiger partial charge on any atom is -0.480 e.